The van der Waals surface area contributed by atoms with Crippen molar-refractivity contribution in [2.75, 3.05) is 13.1 Å². The fraction of sp³-hybridized carbons (Fsp3) is 0.583. The van der Waals surface area contributed by atoms with Crippen LogP contribution in [0.15, 0.2) is 27.4 Å². The highest BCUT2D eigenvalue weighted by atomic mass is 16.5. The highest BCUT2D eigenvalue weighted by Crippen LogP contribution is 2.40. The van der Waals surface area contributed by atoms with E-state index in [1.54, 1.807) is 6.92 Å². The van der Waals surface area contributed by atoms with Crippen LogP contribution >= 0.6 is 0 Å². The Morgan fingerprint density at radius 2 is 2.17 bits per heavy atom. The Labute approximate surface area is 176 Å². The molecule has 1 N–H and O–H groups in total. The summed E-state index contributed by atoms with van der Waals surface area (Å²) < 4.78 is 11.5. The normalized spacial score (nSPS) is 25.1. The van der Waals surface area contributed by atoms with Crippen molar-refractivity contribution < 1.29 is 19.1 Å². The van der Waals surface area contributed by atoms with Crippen molar-refractivity contribution in [3.63, 3.8) is 0 Å². The first-order valence-corrected chi connectivity index (χ1v) is 11.1. The number of rotatable bonds is 4. The summed E-state index contributed by atoms with van der Waals surface area (Å²) in [6, 6.07) is 5.26. The molecule has 1 aromatic carbocycles. The average Bonchev–Trinajstić information content (AvgIpc) is 2.74. The topological polar surface area (TPSA) is 80.0 Å². The number of aliphatic hydroxyl groups is 1. The number of ether oxygens (including phenoxy) is 1. The van der Waals surface area contributed by atoms with E-state index < -0.39 is 11.7 Å². The van der Waals surface area contributed by atoms with Crippen molar-refractivity contribution in [1.82, 2.24) is 4.90 Å². The number of likely N-dealkylation sites (tertiary alicyclic amines) is 1. The second-order valence-electron chi connectivity index (χ2n) is 8.85. The molecule has 1 aromatic heterocycles. The van der Waals surface area contributed by atoms with Crippen LogP contribution in [-0.4, -0.2) is 40.7 Å². The molecule has 1 saturated heterocycles. The molecule has 30 heavy (non-hydrogen) atoms. The van der Waals surface area contributed by atoms with Gasteiger partial charge in [0, 0.05) is 36.0 Å². The first kappa shape index (κ1) is 20.9. The number of amides is 1. The van der Waals surface area contributed by atoms with Gasteiger partial charge in [-0.05, 0) is 57.2 Å². The van der Waals surface area contributed by atoms with Gasteiger partial charge in [-0.1, -0.05) is 19.8 Å². The van der Waals surface area contributed by atoms with Gasteiger partial charge < -0.3 is 19.2 Å². The van der Waals surface area contributed by atoms with E-state index in [2.05, 4.69) is 0 Å². The number of hydrogen-bond acceptors (Lipinski definition) is 5. The van der Waals surface area contributed by atoms with Crippen molar-refractivity contribution in [3.05, 3.63) is 39.7 Å². The summed E-state index contributed by atoms with van der Waals surface area (Å²) >= 11 is 0. The van der Waals surface area contributed by atoms with Gasteiger partial charge in [0.2, 0.25) is 0 Å². The van der Waals surface area contributed by atoms with Gasteiger partial charge in [0.1, 0.15) is 11.3 Å². The SMILES string of the molecule is CCc1cc(=O)oc2c(C)c(O[C@@H](C)C(=O)N3CC[C@]4(O)CCCC[C@H]4C3)ccc12. The maximum atomic E-state index is 13.1. The second-order valence-corrected chi connectivity index (χ2v) is 8.85. The number of aryl methyl sites for hydroxylation is 2. The zero-order valence-corrected chi connectivity index (χ0v) is 18.1. The number of carbonyl (C=O) groups excluding carboxylic acids is 1. The lowest BCUT2D eigenvalue weighted by atomic mass is 9.71. The summed E-state index contributed by atoms with van der Waals surface area (Å²) in [4.78, 5) is 26.8. The van der Waals surface area contributed by atoms with Gasteiger partial charge in [-0.2, -0.15) is 0 Å². The molecule has 4 rings (SSSR count). The maximum Gasteiger partial charge on any atom is 0.336 e. The third-order valence-electron chi connectivity index (χ3n) is 6.97. The molecule has 0 bridgehead atoms. The maximum absolute atomic E-state index is 13.1. The minimum absolute atomic E-state index is 0.0640. The zero-order chi connectivity index (χ0) is 21.5. The molecule has 0 spiro atoms. The van der Waals surface area contributed by atoms with Crippen LogP contribution in [0.5, 0.6) is 5.75 Å². The van der Waals surface area contributed by atoms with E-state index in [1.165, 1.54) is 6.07 Å². The highest BCUT2D eigenvalue weighted by molar-refractivity contribution is 5.85. The van der Waals surface area contributed by atoms with Crippen LogP contribution in [0.25, 0.3) is 11.0 Å². The first-order chi connectivity index (χ1) is 14.3. The van der Waals surface area contributed by atoms with E-state index in [1.807, 2.05) is 30.9 Å². The third-order valence-corrected chi connectivity index (χ3v) is 6.97. The van der Waals surface area contributed by atoms with E-state index >= 15 is 0 Å². The molecule has 6 nitrogen and oxygen atoms in total. The van der Waals surface area contributed by atoms with Crippen LogP contribution < -0.4 is 10.4 Å². The molecule has 3 atom stereocenters. The molecular formula is C24H31NO5. The predicted molar refractivity (Wildman–Crippen MR) is 115 cm³/mol. The largest absolute Gasteiger partial charge is 0.480 e. The quantitative estimate of drug-likeness (QED) is 0.775. The smallest absolute Gasteiger partial charge is 0.336 e. The number of fused-ring (bicyclic) bond motifs is 2. The Kier molecular flexibility index (Phi) is 5.62. The van der Waals surface area contributed by atoms with Crippen LogP contribution in [0.3, 0.4) is 0 Å². The van der Waals surface area contributed by atoms with Crippen LogP contribution in [0.2, 0.25) is 0 Å². The molecule has 0 radical (unpaired) electrons. The summed E-state index contributed by atoms with van der Waals surface area (Å²) in [6.45, 7) is 6.76. The summed E-state index contributed by atoms with van der Waals surface area (Å²) in [7, 11) is 0. The van der Waals surface area contributed by atoms with Crippen molar-refractivity contribution in [2.24, 2.45) is 5.92 Å². The molecule has 6 heteroatoms. The summed E-state index contributed by atoms with van der Waals surface area (Å²) in [5.41, 5.74) is 1.19. The van der Waals surface area contributed by atoms with Crippen LogP contribution in [-0.2, 0) is 11.2 Å². The Morgan fingerprint density at radius 1 is 1.37 bits per heavy atom. The van der Waals surface area contributed by atoms with Gasteiger partial charge in [0.15, 0.2) is 6.10 Å². The van der Waals surface area contributed by atoms with E-state index in [0.717, 1.165) is 48.6 Å². The van der Waals surface area contributed by atoms with Crippen LogP contribution in [0.4, 0.5) is 0 Å². The molecule has 2 aliphatic rings. The van der Waals surface area contributed by atoms with Gasteiger partial charge in [-0.3, -0.25) is 4.79 Å². The van der Waals surface area contributed by atoms with Crippen molar-refractivity contribution in [2.45, 2.75) is 71.0 Å². The summed E-state index contributed by atoms with van der Waals surface area (Å²) in [5.74, 6) is 0.636. The second kappa shape index (κ2) is 8.06. The number of hydrogen-bond donors (Lipinski definition) is 1. The molecule has 2 aromatic rings. The molecular weight excluding hydrogens is 382 g/mol. The fourth-order valence-corrected chi connectivity index (χ4v) is 5.10. The number of piperidine rings is 1. The minimum atomic E-state index is -0.656. The lowest BCUT2D eigenvalue weighted by Gasteiger charge is -2.47. The minimum Gasteiger partial charge on any atom is -0.480 e. The highest BCUT2D eigenvalue weighted by Gasteiger charge is 2.44. The van der Waals surface area contributed by atoms with Crippen LogP contribution in [0, 0.1) is 12.8 Å². The molecule has 1 aliphatic heterocycles. The van der Waals surface area contributed by atoms with Gasteiger partial charge in [0.05, 0.1) is 5.60 Å². The van der Waals surface area contributed by atoms with Gasteiger partial charge >= 0.3 is 5.63 Å². The lowest BCUT2D eigenvalue weighted by molar-refractivity contribution is -0.149. The third kappa shape index (κ3) is 3.73. The molecule has 2 fully saturated rings. The monoisotopic (exact) mass is 413 g/mol. The number of nitrogens with zero attached hydrogens (tertiary/aromatic N) is 1. The molecule has 1 amide bonds. The van der Waals surface area contributed by atoms with E-state index in [0.29, 0.717) is 30.8 Å². The van der Waals surface area contributed by atoms with Crippen molar-refractivity contribution >= 4 is 16.9 Å². The molecule has 1 saturated carbocycles. The standard InChI is InChI=1S/C24H31NO5/c1-4-17-13-21(26)30-22-15(2)20(9-8-19(17)22)29-16(3)23(27)25-12-11-24(28)10-6-5-7-18(24)14-25/h8-9,13,16,18,28H,4-7,10-12,14H2,1-3H3/t16-,18-,24+/m0/s1. The number of carbonyl (C=O) groups is 1. The Morgan fingerprint density at radius 3 is 2.93 bits per heavy atom. The molecule has 1 aliphatic carbocycles. The predicted octanol–water partition coefficient (Wildman–Crippen LogP) is 3.58. The Balaban J connectivity index is 1.51. The summed E-state index contributed by atoms with van der Waals surface area (Å²) in [5, 5.41) is 11.8. The van der Waals surface area contributed by atoms with Crippen molar-refractivity contribution in [3.8, 4) is 5.75 Å². The Hall–Kier alpha value is -2.34. The van der Waals surface area contributed by atoms with Crippen LogP contribution in [0.1, 0.15) is 57.1 Å². The molecule has 2 heterocycles. The van der Waals surface area contributed by atoms with E-state index in [4.69, 9.17) is 9.15 Å². The zero-order valence-electron chi connectivity index (χ0n) is 18.1. The van der Waals surface area contributed by atoms with Gasteiger partial charge in [-0.25, -0.2) is 4.79 Å². The number of benzene rings is 1. The van der Waals surface area contributed by atoms with E-state index in [9.17, 15) is 14.7 Å². The van der Waals surface area contributed by atoms with E-state index in [-0.39, 0.29) is 17.5 Å². The fourth-order valence-electron chi connectivity index (χ4n) is 5.10. The molecule has 0 unspecified atom stereocenters. The first-order valence-electron chi connectivity index (χ1n) is 11.1. The van der Waals surface area contributed by atoms with Gasteiger partial charge in [-0.15, -0.1) is 0 Å². The summed E-state index contributed by atoms with van der Waals surface area (Å²) in [6.07, 6.45) is 4.71. The molecule has 162 valence electrons. The lowest BCUT2D eigenvalue weighted by Crippen LogP contribution is -2.56. The Bertz CT molecular complexity index is 1010. The van der Waals surface area contributed by atoms with Gasteiger partial charge in [0.25, 0.3) is 5.91 Å². The van der Waals surface area contributed by atoms with Crippen molar-refractivity contribution in [1.29, 1.82) is 0 Å². The average molecular weight is 414 g/mol.